The van der Waals surface area contributed by atoms with Crippen LogP contribution in [0.1, 0.15) is 35.2 Å². The molecule has 0 aliphatic rings. The van der Waals surface area contributed by atoms with Crippen molar-refractivity contribution < 1.29 is 29.2 Å². The van der Waals surface area contributed by atoms with Crippen LogP contribution in [0.4, 0.5) is 5.69 Å². The summed E-state index contributed by atoms with van der Waals surface area (Å²) in [6.07, 6.45) is 2.41. The summed E-state index contributed by atoms with van der Waals surface area (Å²) < 4.78 is 4.91. The molecule has 0 unspecified atom stereocenters. The third kappa shape index (κ3) is 5.83. The minimum absolute atomic E-state index is 0.103. The van der Waals surface area contributed by atoms with E-state index in [0.717, 1.165) is 0 Å². The first-order valence-electron chi connectivity index (χ1n) is 8.67. The first-order chi connectivity index (χ1) is 13.8. The van der Waals surface area contributed by atoms with E-state index in [1.165, 1.54) is 48.8 Å². The largest absolute Gasteiger partial charge is 0.480 e. The van der Waals surface area contributed by atoms with Crippen LogP contribution in [0, 0.1) is 10.1 Å². The number of aromatic nitrogens is 1. The third-order valence-electron chi connectivity index (χ3n) is 4.10. The molecule has 2 aromatic rings. The van der Waals surface area contributed by atoms with E-state index in [0.29, 0.717) is 5.56 Å². The first-order valence-corrected chi connectivity index (χ1v) is 8.67. The molecule has 0 radical (unpaired) electrons. The molecular weight excluding hydrogens is 382 g/mol. The monoisotopic (exact) mass is 401 g/mol. The van der Waals surface area contributed by atoms with Crippen LogP contribution in [0.2, 0.25) is 0 Å². The van der Waals surface area contributed by atoms with E-state index >= 15 is 0 Å². The average molecular weight is 401 g/mol. The summed E-state index contributed by atoms with van der Waals surface area (Å²) in [5, 5.41) is 23.0. The van der Waals surface area contributed by atoms with Gasteiger partial charge in [-0.1, -0.05) is 12.1 Å². The Morgan fingerprint density at radius 1 is 1.24 bits per heavy atom. The molecule has 1 amide bonds. The Morgan fingerprint density at radius 3 is 2.45 bits per heavy atom. The van der Waals surface area contributed by atoms with E-state index in [9.17, 15) is 29.6 Å². The maximum absolute atomic E-state index is 12.4. The Labute approximate surface area is 165 Å². The van der Waals surface area contributed by atoms with Crippen LogP contribution in [-0.4, -0.2) is 45.5 Å². The first kappa shape index (κ1) is 21.5. The molecule has 2 atom stereocenters. The molecule has 0 fully saturated rings. The summed E-state index contributed by atoms with van der Waals surface area (Å²) in [5.74, 6) is -3.71. The topological polar surface area (TPSA) is 149 Å². The predicted octanol–water partition coefficient (Wildman–Crippen LogP) is 1.91. The molecule has 152 valence electrons. The number of rotatable bonds is 9. The third-order valence-corrected chi connectivity index (χ3v) is 4.10. The lowest BCUT2D eigenvalue weighted by molar-refractivity contribution is -0.384. The minimum atomic E-state index is -1.48. The van der Waals surface area contributed by atoms with Crippen molar-refractivity contribution in [2.75, 3.05) is 6.61 Å². The van der Waals surface area contributed by atoms with Gasteiger partial charge in [-0.05, 0) is 24.6 Å². The van der Waals surface area contributed by atoms with Crippen LogP contribution < -0.4 is 5.32 Å². The van der Waals surface area contributed by atoms with Crippen molar-refractivity contribution in [3.8, 4) is 0 Å². The molecule has 0 aliphatic carbocycles. The number of nitrogens with zero attached hydrogens (tertiary/aromatic N) is 2. The summed E-state index contributed by atoms with van der Waals surface area (Å²) in [7, 11) is 0. The number of carbonyl (C=O) groups is 3. The zero-order valence-corrected chi connectivity index (χ0v) is 15.5. The predicted molar refractivity (Wildman–Crippen MR) is 100 cm³/mol. The molecule has 2 N–H and O–H groups in total. The number of nitro groups is 1. The van der Waals surface area contributed by atoms with Crippen LogP contribution in [0.3, 0.4) is 0 Å². The van der Waals surface area contributed by atoms with Gasteiger partial charge in [0.25, 0.3) is 11.6 Å². The number of nitro benzene ring substituents is 1. The number of ether oxygens (including phenoxy) is 1. The molecule has 1 aromatic carbocycles. The molecule has 0 spiro atoms. The Kier molecular flexibility index (Phi) is 7.35. The Bertz CT molecular complexity index is 884. The van der Waals surface area contributed by atoms with Gasteiger partial charge in [0.2, 0.25) is 0 Å². The minimum Gasteiger partial charge on any atom is -0.480 e. The van der Waals surface area contributed by atoms with Gasteiger partial charge in [-0.25, -0.2) is 4.79 Å². The smallest absolute Gasteiger partial charge is 0.326 e. The number of aliphatic carboxylic acids is 1. The fraction of sp³-hybridized carbons (Fsp3) is 0.263. The van der Waals surface area contributed by atoms with Gasteiger partial charge in [-0.2, -0.15) is 0 Å². The lowest BCUT2D eigenvalue weighted by atomic mass is 9.88. The molecule has 10 heteroatoms. The lowest BCUT2D eigenvalue weighted by Crippen LogP contribution is -2.45. The Balaban J connectivity index is 2.36. The number of hydrogen-bond donors (Lipinski definition) is 2. The highest BCUT2D eigenvalue weighted by molar-refractivity contribution is 5.96. The number of nitrogens with one attached hydrogen (secondary N) is 1. The molecule has 0 bridgehead atoms. The average Bonchev–Trinajstić information content (AvgIpc) is 2.71. The summed E-state index contributed by atoms with van der Waals surface area (Å²) >= 11 is 0. The van der Waals surface area contributed by atoms with E-state index in [2.05, 4.69) is 10.3 Å². The van der Waals surface area contributed by atoms with Crippen LogP contribution in [0.5, 0.6) is 0 Å². The summed E-state index contributed by atoms with van der Waals surface area (Å²) in [6.45, 7) is 1.71. The van der Waals surface area contributed by atoms with E-state index < -0.39 is 34.7 Å². The van der Waals surface area contributed by atoms with Crippen LogP contribution >= 0.6 is 0 Å². The summed E-state index contributed by atoms with van der Waals surface area (Å²) in [6, 6.07) is 6.63. The van der Waals surface area contributed by atoms with Crippen molar-refractivity contribution in [1.29, 1.82) is 0 Å². The SMILES string of the molecule is CCOC(=O)C[C@@H](c1ccc([N+](=O)[O-])cc1)[C@@H](NC(=O)c1cccnc1)C(=O)O. The zero-order chi connectivity index (χ0) is 21.4. The fourth-order valence-electron chi connectivity index (χ4n) is 2.73. The number of hydrogen-bond acceptors (Lipinski definition) is 7. The normalized spacial score (nSPS) is 12.4. The summed E-state index contributed by atoms with van der Waals surface area (Å²) in [4.78, 5) is 50.5. The standard InChI is InChI=1S/C19H19N3O7/c1-2-29-16(23)10-15(12-5-7-14(8-6-12)22(27)28)17(19(25)26)21-18(24)13-4-3-9-20-11-13/h3-9,11,15,17H,2,10H2,1H3,(H,21,24)(H,25,26)/t15-,17+/m0/s1. The van der Waals surface area contributed by atoms with Gasteiger partial charge < -0.3 is 15.2 Å². The van der Waals surface area contributed by atoms with Crippen molar-refractivity contribution in [2.45, 2.75) is 25.3 Å². The summed E-state index contributed by atoms with van der Waals surface area (Å²) in [5.41, 5.74) is 0.301. The van der Waals surface area contributed by atoms with E-state index in [1.807, 2.05) is 0 Å². The van der Waals surface area contributed by atoms with Crippen LogP contribution in [-0.2, 0) is 14.3 Å². The molecule has 10 nitrogen and oxygen atoms in total. The molecule has 0 saturated heterocycles. The molecular formula is C19H19N3O7. The number of carboxylic acids is 1. The number of esters is 1. The molecule has 0 saturated carbocycles. The Morgan fingerprint density at radius 2 is 1.93 bits per heavy atom. The van der Waals surface area contributed by atoms with Crippen molar-refractivity contribution in [1.82, 2.24) is 10.3 Å². The maximum Gasteiger partial charge on any atom is 0.326 e. The number of non-ortho nitro benzene ring substituents is 1. The molecule has 1 aromatic heterocycles. The van der Waals surface area contributed by atoms with Gasteiger partial charge in [0.15, 0.2) is 0 Å². The zero-order valence-electron chi connectivity index (χ0n) is 15.5. The van der Waals surface area contributed by atoms with Gasteiger partial charge >= 0.3 is 11.9 Å². The maximum atomic E-state index is 12.4. The van der Waals surface area contributed by atoms with Gasteiger partial charge in [0.1, 0.15) is 6.04 Å². The Hall–Kier alpha value is -3.82. The number of benzene rings is 1. The van der Waals surface area contributed by atoms with Crippen LogP contribution in [0.25, 0.3) is 0 Å². The quantitative estimate of drug-likeness (QED) is 0.368. The van der Waals surface area contributed by atoms with Crippen LogP contribution in [0.15, 0.2) is 48.8 Å². The van der Waals surface area contributed by atoms with Gasteiger partial charge in [-0.15, -0.1) is 0 Å². The van der Waals surface area contributed by atoms with Gasteiger partial charge in [0.05, 0.1) is 23.5 Å². The van der Waals surface area contributed by atoms with E-state index in [-0.39, 0.29) is 24.3 Å². The second-order valence-electron chi connectivity index (χ2n) is 6.00. The number of carbonyl (C=O) groups excluding carboxylic acids is 2. The second-order valence-corrected chi connectivity index (χ2v) is 6.00. The highest BCUT2D eigenvalue weighted by Gasteiger charge is 2.33. The second kappa shape index (κ2) is 9.93. The fourth-order valence-corrected chi connectivity index (χ4v) is 2.73. The number of carboxylic acid groups (broad SMARTS) is 1. The van der Waals surface area contributed by atoms with Gasteiger partial charge in [0, 0.05) is 30.4 Å². The van der Waals surface area contributed by atoms with E-state index in [4.69, 9.17) is 4.74 Å². The highest BCUT2D eigenvalue weighted by atomic mass is 16.6. The number of pyridine rings is 1. The van der Waals surface area contributed by atoms with Crippen molar-refractivity contribution in [2.24, 2.45) is 0 Å². The van der Waals surface area contributed by atoms with Crippen molar-refractivity contribution >= 4 is 23.5 Å². The van der Waals surface area contributed by atoms with Crippen molar-refractivity contribution in [3.63, 3.8) is 0 Å². The molecule has 0 aliphatic heterocycles. The molecule has 1 heterocycles. The van der Waals surface area contributed by atoms with Gasteiger partial charge in [-0.3, -0.25) is 24.7 Å². The molecule has 29 heavy (non-hydrogen) atoms. The highest BCUT2D eigenvalue weighted by Crippen LogP contribution is 2.27. The van der Waals surface area contributed by atoms with E-state index in [1.54, 1.807) is 6.92 Å². The lowest BCUT2D eigenvalue weighted by Gasteiger charge is -2.24. The number of amides is 1. The molecule has 2 rings (SSSR count). The van der Waals surface area contributed by atoms with Crippen molar-refractivity contribution in [3.05, 3.63) is 70.0 Å².